The smallest absolute Gasteiger partial charge is 0.301 e. The Balaban J connectivity index is 1.69. The number of anilines is 1. The molecule has 176 valence electrons. The van der Waals surface area contributed by atoms with E-state index in [1.54, 1.807) is 24.3 Å². The Kier molecular flexibility index (Phi) is 5.82. The van der Waals surface area contributed by atoms with Crippen LogP contribution < -0.4 is 9.64 Å². The molecule has 1 aliphatic heterocycles. The van der Waals surface area contributed by atoms with E-state index < -0.39 is 23.5 Å². The number of carbonyl (C=O) groups is 2. The molecule has 8 heteroatoms. The number of aromatic nitrogens is 1. The van der Waals surface area contributed by atoms with E-state index in [9.17, 15) is 19.1 Å². The number of thiazole rings is 1. The normalized spacial score (nSPS) is 17.3. The molecule has 1 amide bonds. The van der Waals surface area contributed by atoms with Gasteiger partial charge in [0.25, 0.3) is 5.78 Å². The van der Waals surface area contributed by atoms with Gasteiger partial charge in [0.15, 0.2) is 5.13 Å². The van der Waals surface area contributed by atoms with Crippen molar-refractivity contribution in [2.75, 3.05) is 12.0 Å². The summed E-state index contributed by atoms with van der Waals surface area (Å²) in [5.41, 5.74) is 2.59. The standard InChI is InChI=1S/C27H21FN2O4S/c1-3-15-4-13-20-21(14-15)35-27(29-20)30-23(16-5-9-18(28)10-6-16)22(25(32)26(30)33)24(31)17-7-11-19(34-2)12-8-17/h4-14,23,31H,3H2,1-2H3/t23-/m0/s1. The van der Waals surface area contributed by atoms with Gasteiger partial charge in [-0.05, 0) is 66.1 Å². The number of amides is 1. The third kappa shape index (κ3) is 3.95. The van der Waals surface area contributed by atoms with Crippen LogP contribution in [0.15, 0.2) is 72.3 Å². The lowest BCUT2D eigenvalue weighted by Gasteiger charge is -2.23. The van der Waals surface area contributed by atoms with Crippen LogP contribution in [-0.4, -0.2) is 28.9 Å². The van der Waals surface area contributed by atoms with E-state index in [2.05, 4.69) is 11.9 Å². The summed E-state index contributed by atoms with van der Waals surface area (Å²) in [7, 11) is 1.52. The number of ketones is 1. The van der Waals surface area contributed by atoms with Crippen molar-refractivity contribution in [1.82, 2.24) is 4.98 Å². The number of Topliss-reactive ketones (excluding diaryl/α,β-unsaturated/α-hetero) is 1. The van der Waals surface area contributed by atoms with E-state index in [0.29, 0.717) is 27.5 Å². The molecule has 1 atom stereocenters. The van der Waals surface area contributed by atoms with Crippen LogP contribution in [0.1, 0.15) is 29.7 Å². The number of rotatable bonds is 5. The summed E-state index contributed by atoms with van der Waals surface area (Å²) < 4.78 is 19.8. The molecular formula is C27H21FN2O4S. The number of aliphatic hydroxyl groups is 1. The highest BCUT2D eigenvalue weighted by Gasteiger charge is 2.48. The molecule has 6 nitrogen and oxygen atoms in total. The Morgan fingerprint density at radius 2 is 1.80 bits per heavy atom. The van der Waals surface area contributed by atoms with Gasteiger partial charge in [0, 0.05) is 5.56 Å². The highest BCUT2D eigenvalue weighted by atomic mass is 32.1. The maximum atomic E-state index is 13.7. The lowest BCUT2D eigenvalue weighted by Crippen LogP contribution is -2.29. The van der Waals surface area contributed by atoms with Gasteiger partial charge < -0.3 is 9.84 Å². The molecule has 0 saturated carbocycles. The quantitative estimate of drug-likeness (QED) is 0.224. The largest absolute Gasteiger partial charge is 0.507 e. The predicted molar refractivity (Wildman–Crippen MR) is 133 cm³/mol. The van der Waals surface area contributed by atoms with E-state index in [1.807, 2.05) is 18.2 Å². The molecule has 3 aromatic carbocycles. The summed E-state index contributed by atoms with van der Waals surface area (Å²) in [6.07, 6.45) is 0.852. The number of benzene rings is 3. The zero-order valence-electron chi connectivity index (χ0n) is 19.0. The lowest BCUT2D eigenvalue weighted by molar-refractivity contribution is -0.132. The molecule has 1 aromatic heterocycles. The molecule has 2 heterocycles. The summed E-state index contributed by atoms with van der Waals surface area (Å²) in [5.74, 6) is -1.83. The van der Waals surface area contributed by atoms with Crippen LogP contribution >= 0.6 is 11.3 Å². The van der Waals surface area contributed by atoms with Crippen LogP contribution in [0.4, 0.5) is 9.52 Å². The molecule has 0 radical (unpaired) electrons. The molecule has 35 heavy (non-hydrogen) atoms. The van der Waals surface area contributed by atoms with Crippen LogP contribution in [0.25, 0.3) is 16.0 Å². The first-order chi connectivity index (χ1) is 16.9. The van der Waals surface area contributed by atoms with Gasteiger partial charge in [-0.3, -0.25) is 14.5 Å². The maximum Gasteiger partial charge on any atom is 0.301 e. The van der Waals surface area contributed by atoms with Gasteiger partial charge in [-0.15, -0.1) is 0 Å². The maximum absolute atomic E-state index is 13.7. The fraction of sp³-hybridized carbons (Fsp3) is 0.148. The molecule has 4 aromatic rings. The van der Waals surface area contributed by atoms with Gasteiger partial charge in [0.1, 0.15) is 17.3 Å². The van der Waals surface area contributed by atoms with Gasteiger partial charge in [0.05, 0.1) is 28.9 Å². The summed E-state index contributed by atoms with van der Waals surface area (Å²) in [6, 6.07) is 16.9. The Hall–Kier alpha value is -4.04. The third-order valence-electron chi connectivity index (χ3n) is 6.05. The first-order valence-electron chi connectivity index (χ1n) is 11.0. The fourth-order valence-corrected chi connectivity index (χ4v) is 5.23. The third-order valence-corrected chi connectivity index (χ3v) is 7.07. The van der Waals surface area contributed by atoms with Gasteiger partial charge in [-0.1, -0.05) is 36.5 Å². The summed E-state index contributed by atoms with van der Waals surface area (Å²) in [4.78, 5) is 32.5. The molecule has 1 saturated heterocycles. The second-order valence-corrected chi connectivity index (χ2v) is 9.11. The highest BCUT2D eigenvalue weighted by Crippen LogP contribution is 2.44. The minimum Gasteiger partial charge on any atom is -0.507 e. The average molecular weight is 489 g/mol. The van der Waals surface area contributed by atoms with Gasteiger partial charge in [-0.2, -0.15) is 0 Å². The molecule has 0 aliphatic carbocycles. The first-order valence-corrected chi connectivity index (χ1v) is 11.8. The summed E-state index contributed by atoms with van der Waals surface area (Å²) in [6.45, 7) is 2.05. The Morgan fingerprint density at radius 3 is 2.46 bits per heavy atom. The molecule has 0 spiro atoms. The van der Waals surface area contributed by atoms with Gasteiger partial charge in [0.2, 0.25) is 0 Å². The van der Waals surface area contributed by atoms with E-state index in [1.165, 1.54) is 47.6 Å². The number of methoxy groups -OCH3 is 1. The highest BCUT2D eigenvalue weighted by molar-refractivity contribution is 7.22. The van der Waals surface area contributed by atoms with Crippen LogP contribution in [0, 0.1) is 5.82 Å². The number of hydrogen-bond acceptors (Lipinski definition) is 6. The average Bonchev–Trinajstić information content (AvgIpc) is 3.41. The molecular weight excluding hydrogens is 467 g/mol. The second kappa shape index (κ2) is 8.96. The molecule has 5 rings (SSSR count). The monoisotopic (exact) mass is 488 g/mol. The number of hydrogen-bond donors (Lipinski definition) is 1. The topological polar surface area (TPSA) is 79.7 Å². The first kappa shape index (κ1) is 22.7. The van der Waals surface area contributed by atoms with Crippen molar-refractivity contribution < 1.29 is 23.8 Å². The lowest BCUT2D eigenvalue weighted by atomic mass is 9.95. The van der Waals surface area contributed by atoms with Crippen molar-refractivity contribution in [3.05, 3.63) is 94.8 Å². The van der Waals surface area contributed by atoms with Crippen molar-refractivity contribution in [3.8, 4) is 5.75 Å². The minimum atomic E-state index is -0.969. The van der Waals surface area contributed by atoms with Crippen LogP contribution in [0.2, 0.25) is 0 Å². The van der Waals surface area contributed by atoms with Crippen molar-refractivity contribution in [2.45, 2.75) is 19.4 Å². The summed E-state index contributed by atoms with van der Waals surface area (Å²) in [5, 5.41) is 11.5. The van der Waals surface area contributed by atoms with Gasteiger partial charge in [-0.25, -0.2) is 9.37 Å². The van der Waals surface area contributed by atoms with E-state index >= 15 is 0 Å². The van der Waals surface area contributed by atoms with Crippen LogP contribution in [0.3, 0.4) is 0 Å². The van der Waals surface area contributed by atoms with Gasteiger partial charge >= 0.3 is 5.91 Å². The Bertz CT molecular complexity index is 1480. The number of nitrogens with zero attached hydrogens (tertiary/aromatic N) is 2. The molecule has 0 bridgehead atoms. The zero-order valence-corrected chi connectivity index (χ0v) is 19.8. The Morgan fingerprint density at radius 1 is 1.09 bits per heavy atom. The number of carbonyl (C=O) groups excluding carboxylic acids is 2. The molecule has 1 aliphatic rings. The number of aryl methyl sites for hydroxylation is 1. The van der Waals surface area contributed by atoms with E-state index in [-0.39, 0.29) is 11.3 Å². The van der Waals surface area contributed by atoms with E-state index in [4.69, 9.17) is 4.74 Å². The number of ether oxygens (including phenoxy) is 1. The van der Waals surface area contributed by atoms with Crippen LogP contribution in [-0.2, 0) is 16.0 Å². The van der Waals surface area contributed by atoms with Crippen molar-refractivity contribution in [3.63, 3.8) is 0 Å². The number of halogens is 1. The van der Waals surface area contributed by atoms with Crippen molar-refractivity contribution in [1.29, 1.82) is 0 Å². The minimum absolute atomic E-state index is 0.0831. The summed E-state index contributed by atoms with van der Waals surface area (Å²) >= 11 is 1.29. The molecule has 0 unspecified atom stereocenters. The predicted octanol–water partition coefficient (Wildman–Crippen LogP) is 5.63. The van der Waals surface area contributed by atoms with Crippen molar-refractivity contribution >= 4 is 44.1 Å². The second-order valence-electron chi connectivity index (χ2n) is 8.10. The van der Waals surface area contributed by atoms with Crippen molar-refractivity contribution in [2.24, 2.45) is 0 Å². The number of aliphatic hydroxyl groups excluding tert-OH is 1. The number of fused-ring (bicyclic) bond motifs is 1. The molecule has 1 fully saturated rings. The van der Waals surface area contributed by atoms with E-state index in [0.717, 1.165) is 16.7 Å². The van der Waals surface area contributed by atoms with Crippen LogP contribution in [0.5, 0.6) is 5.75 Å². The molecule has 1 N–H and O–H groups in total. The Labute approximate surface area is 204 Å². The zero-order chi connectivity index (χ0) is 24.7. The SMILES string of the molecule is CCc1ccc2nc(N3C(=O)C(=O)C(=C(O)c4ccc(OC)cc4)[C@@H]3c3ccc(F)cc3)sc2c1. The fourth-order valence-electron chi connectivity index (χ4n) is 4.17.